The quantitative estimate of drug-likeness (QED) is 0.128. The molecule has 0 aliphatic heterocycles. The monoisotopic (exact) mass is 674 g/mol. The smallest absolute Gasteiger partial charge is 0.137 e. The molecule has 3 aromatic heterocycles. The fourth-order valence-electron chi connectivity index (χ4n) is 7.50. The predicted molar refractivity (Wildman–Crippen MR) is 213 cm³/mol. The van der Waals surface area contributed by atoms with Gasteiger partial charge in [0.2, 0.25) is 0 Å². The molecule has 51 heavy (non-hydrogen) atoms. The van der Waals surface area contributed by atoms with Gasteiger partial charge in [-0.15, -0.1) is 0 Å². The zero-order valence-corrected chi connectivity index (χ0v) is 31.3. The van der Waals surface area contributed by atoms with E-state index in [0.717, 1.165) is 58.3 Å². The molecule has 7 rings (SSSR count). The number of benzene rings is 4. The topological polar surface area (TPSA) is 44.9 Å². The number of unbranched alkanes of at least 4 members (excludes halogenated alkanes) is 3. The van der Waals surface area contributed by atoms with E-state index in [4.69, 9.17) is 14.8 Å². The summed E-state index contributed by atoms with van der Waals surface area (Å²) in [5.41, 5.74) is 11.6. The molecule has 7 aromatic rings. The van der Waals surface area contributed by atoms with Crippen molar-refractivity contribution in [3.8, 4) is 34.1 Å². The van der Waals surface area contributed by atoms with Crippen LogP contribution < -0.4 is 4.74 Å². The number of pyridine rings is 1. The number of aryl methyl sites for hydroxylation is 3. The second-order valence-electron chi connectivity index (χ2n) is 15.4. The number of hydrogen-bond acceptors (Lipinski definition) is 3. The summed E-state index contributed by atoms with van der Waals surface area (Å²) in [6.07, 6.45) is 8.94. The molecular formula is C46H50N4O. The molecule has 0 saturated carbocycles. The highest BCUT2D eigenvalue weighted by Gasteiger charge is 2.19. The SMILES string of the molecule is CCCCCCc1ccc2c(c1)c1ccc(Oc3cc(CC(C)(C)C)cc(-n4nc(C)c(-c5ccccc5)c4C)c3)cc1n2-c1cc(C)ccn1. The lowest BCUT2D eigenvalue weighted by Gasteiger charge is -2.20. The van der Waals surface area contributed by atoms with Gasteiger partial charge >= 0.3 is 0 Å². The van der Waals surface area contributed by atoms with Gasteiger partial charge in [-0.25, -0.2) is 9.67 Å². The second-order valence-corrected chi connectivity index (χ2v) is 15.4. The Kier molecular flexibility index (Phi) is 9.56. The highest BCUT2D eigenvalue weighted by Crippen LogP contribution is 2.37. The molecule has 3 heterocycles. The van der Waals surface area contributed by atoms with E-state index in [1.54, 1.807) is 0 Å². The van der Waals surface area contributed by atoms with Crippen LogP contribution in [0.15, 0.2) is 103 Å². The molecule has 0 radical (unpaired) electrons. The minimum Gasteiger partial charge on any atom is -0.457 e. The van der Waals surface area contributed by atoms with E-state index in [1.807, 2.05) is 12.3 Å². The van der Waals surface area contributed by atoms with Gasteiger partial charge < -0.3 is 4.74 Å². The summed E-state index contributed by atoms with van der Waals surface area (Å²) in [4.78, 5) is 4.83. The van der Waals surface area contributed by atoms with E-state index in [2.05, 4.69) is 149 Å². The standard InChI is InChI=1S/C46H50N4O/c1-8-9-10-12-15-34-18-21-42-41(27-34)40-20-19-38(29-43(40)49(42)44-24-31(2)22-23-47-44)51-39-26-35(30-46(5,6)7)25-37(28-39)50-33(4)45(32(3)48-50)36-16-13-11-14-17-36/h11,13-14,16-29H,8-10,12,15,30H2,1-7H3. The number of fused-ring (bicyclic) bond motifs is 3. The van der Waals surface area contributed by atoms with Crippen molar-refractivity contribution in [2.45, 2.75) is 87.0 Å². The van der Waals surface area contributed by atoms with E-state index in [0.29, 0.717) is 0 Å². The molecular weight excluding hydrogens is 625 g/mol. The minimum atomic E-state index is 0.107. The van der Waals surface area contributed by atoms with Crippen LogP contribution in [0, 0.1) is 26.2 Å². The summed E-state index contributed by atoms with van der Waals surface area (Å²) >= 11 is 0. The maximum atomic E-state index is 6.80. The second kappa shape index (κ2) is 14.2. The molecule has 0 unspecified atom stereocenters. The van der Waals surface area contributed by atoms with Crippen LogP contribution in [0.2, 0.25) is 0 Å². The molecule has 5 nitrogen and oxygen atoms in total. The molecule has 0 aliphatic rings. The summed E-state index contributed by atoms with van der Waals surface area (Å²) in [6.45, 7) is 15.5. The number of aromatic nitrogens is 4. The normalized spacial score (nSPS) is 11.9. The average molecular weight is 675 g/mol. The first-order valence-electron chi connectivity index (χ1n) is 18.5. The Morgan fingerprint density at radius 3 is 2.29 bits per heavy atom. The fraction of sp³-hybridized carbons (Fsp3) is 0.304. The van der Waals surface area contributed by atoms with Crippen molar-refractivity contribution in [3.63, 3.8) is 0 Å². The summed E-state index contributed by atoms with van der Waals surface area (Å²) < 4.78 is 11.2. The maximum absolute atomic E-state index is 6.80. The van der Waals surface area contributed by atoms with E-state index in [-0.39, 0.29) is 5.41 Å². The predicted octanol–water partition coefficient (Wildman–Crippen LogP) is 12.5. The highest BCUT2D eigenvalue weighted by molar-refractivity contribution is 6.09. The Morgan fingerprint density at radius 1 is 0.706 bits per heavy atom. The Hall–Kier alpha value is -5.16. The van der Waals surface area contributed by atoms with Crippen LogP contribution >= 0.6 is 0 Å². The summed E-state index contributed by atoms with van der Waals surface area (Å²) in [6, 6.07) is 34.8. The van der Waals surface area contributed by atoms with E-state index in [9.17, 15) is 0 Å². The zero-order valence-electron chi connectivity index (χ0n) is 31.3. The maximum Gasteiger partial charge on any atom is 0.137 e. The van der Waals surface area contributed by atoms with Crippen molar-refractivity contribution in [1.29, 1.82) is 0 Å². The lowest BCUT2D eigenvalue weighted by molar-refractivity contribution is 0.409. The van der Waals surface area contributed by atoms with Crippen LogP contribution in [-0.2, 0) is 12.8 Å². The number of rotatable bonds is 11. The van der Waals surface area contributed by atoms with E-state index in [1.165, 1.54) is 64.3 Å². The molecule has 260 valence electrons. The van der Waals surface area contributed by atoms with Gasteiger partial charge in [0.1, 0.15) is 17.3 Å². The minimum absolute atomic E-state index is 0.107. The van der Waals surface area contributed by atoms with Gasteiger partial charge in [-0.3, -0.25) is 4.57 Å². The first kappa shape index (κ1) is 34.3. The number of hydrogen-bond donors (Lipinski definition) is 0. The summed E-state index contributed by atoms with van der Waals surface area (Å²) in [5.74, 6) is 2.50. The molecule has 0 amide bonds. The van der Waals surface area contributed by atoms with Gasteiger partial charge in [-0.2, -0.15) is 5.10 Å². The molecule has 0 N–H and O–H groups in total. The van der Waals surface area contributed by atoms with Gasteiger partial charge in [0, 0.05) is 40.4 Å². The molecule has 0 aliphatic carbocycles. The van der Waals surface area contributed by atoms with Gasteiger partial charge in [-0.05, 0) is 116 Å². The molecule has 0 bridgehead atoms. The summed E-state index contributed by atoms with van der Waals surface area (Å²) in [5, 5.41) is 7.50. The summed E-state index contributed by atoms with van der Waals surface area (Å²) in [7, 11) is 0. The Labute approximate surface area is 302 Å². The fourth-order valence-corrected chi connectivity index (χ4v) is 7.50. The first-order chi connectivity index (χ1) is 24.6. The van der Waals surface area contributed by atoms with E-state index < -0.39 is 0 Å². The van der Waals surface area contributed by atoms with Crippen LogP contribution in [0.3, 0.4) is 0 Å². The zero-order chi connectivity index (χ0) is 35.7. The van der Waals surface area contributed by atoms with Gasteiger partial charge in [0.15, 0.2) is 0 Å². The lowest BCUT2D eigenvalue weighted by atomic mass is 9.88. The number of nitrogens with zero attached hydrogens (tertiary/aromatic N) is 4. The third-order valence-electron chi connectivity index (χ3n) is 9.77. The molecule has 5 heteroatoms. The van der Waals surface area contributed by atoms with E-state index >= 15 is 0 Å². The van der Waals surface area contributed by atoms with Crippen molar-refractivity contribution in [2.75, 3.05) is 0 Å². The first-order valence-corrected chi connectivity index (χ1v) is 18.5. The Balaban J connectivity index is 1.32. The number of ether oxygens (including phenoxy) is 1. The van der Waals surface area contributed by atoms with Crippen LogP contribution in [0.5, 0.6) is 11.5 Å². The van der Waals surface area contributed by atoms with Crippen LogP contribution in [-0.4, -0.2) is 19.3 Å². The van der Waals surface area contributed by atoms with Crippen molar-refractivity contribution in [1.82, 2.24) is 19.3 Å². The van der Waals surface area contributed by atoms with Gasteiger partial charge in [0.05, 0.1) is 22.4 Å². The molecule has 4 aromatic carbocycles. The lowest BCUT2D eigenvalue weighted by Crippen LogP contribution is -2.10. The van der Waals surface area contributed by atoms with Crippen LogP contribution in [0.4, 0.5) is 0 Å². The highest BCUT2D eigenvalue weighted by atomic mass is 16.5. The van der Waals surface area contributed by atoms with Crippen molar-refractivity contribution >= 4 is 21.8 Å². The Bertz CT molecular complexity index is 2320. The van der Waals surface area contributed by atoms with Gasteiger partial charge in [0.25, 0.3) is 0 Å². The van der Waals surface area contributed by atoms with Crippen molar-refractivity contribution in [2.24, 2.45) is 5.41 Å². The Morgan fingerprint density at radius 2 is 1.53 bits per heavy atom. The molecule has 0 atom stereocenters. The molecule has 0 spiro atoms. The average Bonchev–Trinajstić information content (AvgIpc) is 3.58. The van der Waals surface area contributed by atoms with Gasteiger partial charge in [-0.1, -0.05) is 83.4 Å². The molecule has 0 fully saturated rings. The third kappa shape index (κ3) is 7.35. The van der Waals surface area contributed by atoms with Crippen LogP contribution in [0.25, 0.3) is 44.4 Å². The van der Waals surface area contributed by atoms with Crippen molar-refractivity contribution < 1.29 is 4.74 Å². The largest absolute Gasteiger partial charge is 0.457 e. The molecule has 0 saturated heterocycles. The van der Waals surface area contributed by atoms with Crippen LogP contribution in [0.1, 0.15) is 81.5 Å². The van der Waals surface area contributed by atoms with Crippen molar-refractivity contribution in [3.05, 3.63) is 131 Å². The third-order valence-corrected chi connectivity index (χ3v) is 9.77.